The molecule has 1 aliphatic heterocycles. The van der Waals surface area contributed by atoms with Crippen LogP contribution in [0.15, 0.2) is 290 Å². The minimum atomic E-state index is -0.785. The number of hydrogen-bond acceptors (Lipinski definition) is 6. The van der Waals surface area contributed by atoms with Crippen LogP contribution in [-0.2, 0) is 5.41 Å². The van der Waals surface area contributed by atoms with Gasteiger partial charge in [0.25, 0.3) is 0 Å². The monoisotopic (exact) mass is 1120 g/mol. The lowest BCUT2D eigenvalue weighted by Gasteiger charge is -2.39. The Morgan fingerprint density at radius 3 is 1.70 bits per heavy atom. The van der Waals surface area contributed by atoms with Crippen LogP contribution in [0.4, 0.5) is 0 Å². The maximum atomic E-state index is 6.84. The SMILES string of the molecule is c1ccc(-c2cccc(-c3nc(-c4ccccc4)nc(-c4cccc5c4-c4cc(-c6nc(-c7ccc8c(c7)c7ccccc7n8-c7ccccc7)c7oc8ccccc8c7n6)ccc4C54c5ccccc5-n5c6ccccc6c6cccc4c65)n3)c2)cc1. The molecule has 0 saturated carbocycles. The van der Waals surface area contributed by atoms with Crippen LogP contribution in [0.2, 0.25) is 0 Å². The number of rotatable bonds is 7. The number of benzene rings is 12. The predicted molar refractivity (Wildman–Crippen MR) is 355 cm³/mol. The Hall–Kier alpha value is -11.9. The molecule has 88 heavy (non-hydrogen) atoms. The van der Waals surface area contributed by atoms with Gasteiger partial charge in [-0.25, -0.2) is 24.9 Å². The molecule has 408 valence electrons. The van der Waals surface area contributed by atoms with E-state index in [1.807, 2.05) is 42.5 Å². The summed E-state index contributed by atoms with van der Waals surface area (Å²) >= 11 is 0. The molecule has 1 aliphatic carbocycles. The Kier molecular flexibility index (Phi) is 10.2. The van der Waals surface area contributed by atoms with Crippen LogP contribution in [0.25, 0.3) is 156 Å². The van der Waals surface area contributed by atoms with Crippen molar-refractivity contribution in [1.29, 1.82) is 0 Å². The van der Waals surface area contributed by atoms with E-state index in [2.05, 4.69) is 252 Å². The first-order valence-corrected chi connectivity index (χ1v) is 29.8. The molecule has 17 aromatic rings. The molecule has 5 aromatic heterocycles. The zero-order valence-corrected chi connectivity index (χ0v) is 47.2. The quantitative estimate of drug-likeness (QED) is 0.158. The molecule has 1 atom stereocenters. The fourth-order valence-electron chi connectivity index (χ4n) is 14.7. The van der Waals surface area contributed by atoms with E-state index >= 15 is 0 Å². The summed E-state index contributed by atoms with van der Waals surface area (Å²) < 4.78 is 11.7. The standard InChI is InChI=1S/C80H47N7O/c1-4-21-48(22-5-1)50-25-18-26-52(45-50)78-83-76(49-23-6-2-7-24-49)84-79(85-78)59-33-20-35-64-71(59)61-47-53(41-43-62(61)80(64)63-34-13-16-39-69(63)87-67-38-15-10-29-55(67)57-32-19-36-65(80)74(57)87)77-81-72(75-73(82-77)58-31-12-17-40-70(58)88-75)51-42-44-68-60(46-51)56-30-11-14-37-66(56)86(68)54-27-8-3-9-28-54/h1-47H. The molecule has 2 aliphatic rings. The first-order valence-electron chi connectivity index (χ1n) is 29.8. The second kappa shape index (κ2) is 18.6. The first-order chi connectivity index (χ1) is 43.6. The van der Waals surface area contributed by atoms with E-state index < -0.39 is 5.41 Å². The molecule has 1 spiro atoms. The summed E-state index contributed by atoms with van der Waals surface area (Å²) in [6.45, 7) is 0. The van der Waals surface area contributed by atoms with Gasteiger partial charge in [0.2, 0.25) is 0 Å². The van der Waals surface area contributed by atoms with Gasteiger partial charge in [0, 0.05) is 60.4 Å². The zero-order chi connectivity index (χ0) is 57.6. The smallest absolute Gasteiger partial charge is 0.180 e. The van der Waals surface area contributed by atoms with Crippen molar-refractivity contribution >= 4 is 65.7 Å². The van der Waals surface area contributed by atoms with E-state index in [1.54, 1.807) is 0 Å². The number of hydrogen-bond donors (Lipinski definition) is 0. The summed E-state index contributed by atoms with van der Waals surface area (Å²) in [6.07, 6.45) is 0. The van der Waals surface area contributed by atoms with Gasteiger partial charge in [-0.05, 0) is 111 Å². The molecule has 0 radical (unpaired) electrons. The van der Waals surface area contributed by atoms with Crippen LogP contribution in [-0.4, -0.2) is 34.1 Å². The highest BCUT2D eigenvalue weighted by atomic mass is 16.3. The maximum Gasteiger partial charge on any atom is 0.180 e. The van der Waals surface area contributed by atoms with Crippen LogP contribution in [0.1, 0.15) is 22.3 Å². The molecule has 8 heteroatoms. The average molecular weight is 1120 g/mol. The van der Waals surface area contributed by atoms with E-state index in [-0.39, 0.29) is 0 Å². The summed E-state index contributed by atoms with van der Waals surface area (Å²) in [7, 11) is 0. The average Bonchev–Trinajstić information content (AvgIpc) is 1.50. The van der Waals surface area contributed by atoms with Gasteiger partial charge in [0.1, 0.15) is 16.8 Å². The van der Waals surface area contributed by atoms with Crippen molar-refractivity contribution in [3.05, 3.63) is 307 Å². The summed E-state index contributed by atoms with van der Waals surface area (Å²) in [4.78, 5) is 27.5. The van der Waals surface area contributed by atoms with E-state index in [9.17, 15) is 0 Å². The van der Waals surface area contributed by atoms with Crippen molar-refractivity contribution in [1.82, 2.24) is 34.1 Å². The van der Waals surface area contributed by atoms with Gasteiger partial charge in [-0.15, -0.1) is 0 Å². The molecule has 0 bridgehead atoms. The molecular weight excluding hydrogens is 1070 g/mol. The van der Waals surface area contributed by atoms with Crippen LogP contribution >= 0.6 is 0 Å². The van der Waals surface area contributed by atoms with E-state index in [4.69, 9.17) is 29.3 Å². The van der Waals surface area contributed by atoms with Crippen molar-refractivity contribution in [3.8, 4) is 90.4 Å². The van der Waals surface area contributed by atoms with Crippen molar-refractivity contribution < 1.29 is 4.42 Å². The van der Waals surface area contributed by atoms with E-state index in [1.165, 1.54) is 32.9 Å². The van der Waals surface area contributed by atoms with Gasteiger partial charge in [0.05, 0.1) is 33.2 Å². The highest BCUT2D eigenvalue weighted by molar-refractivity contribution is 6.15. The molecule has 12 aromatic carbocycles. The second-order valence-electron chi connectivity index (χ2n) is 23.0. The fraction of sp³-hybridized carbons (Fsp3) is 0.0125. The Labute approximate surface area is 504 Å². The third-order valence-corrected chi connectivity index (χ3v) is 18.4. The Morgan fingerprint density at radius 1 is 0.307 bits per heavy atom. The van der Waals surface area contributed by atoms with Gasteiger partial charge in [-0.2, -0.15) is 0 Å². The normalized spacial score (nSPS) is 14.0. The maximum absolute atomic E-state index is 6.84. The van der Waals surface area contributed by atoms with Crippen molar-refractivity contribution in [2.24, 2.45) is 0 Å². The molecule has 0 N–H and O–H groups in total. The van der Waals surface area contributed by atoms with Crippen LogP contribution in [0.5, 0.6) is 0 Å². The molecule has 0 amide bonds. The number of nitrogens with zero attached hydrogens (tertiary/aromatic N) is 7. The predicted octanol–water partition coefficient (Wildman–Crippen LogP) is 19.4. The zero-order valence-electron chi connectivity index (χ0n) is 47.2. The summed E-state index contributed by atoms with van der Waals surface area (Å²) in [5.74, 6) is 2.33. The number of para-hydroxylation sites is 6. The van der Waals surface area contributed by atoms with E-state index in [0.717, 1.165) is 117 Å². The van der Waals surface area contributed by atoms with Crippen LogP contribution in [0.3, 0.4) is 0 Å². The van der Waals surface area contributed by atoms with Crippen LogP contribution in [0, 0.1) is 0 Å². The van der Waals surface area contributed by atoms with Crippen molar-refractivity contribution in [3.63, 3.8) is 0 Å². The lowest BCUT2D eigenvalue weighted by Crippen LogP contribution is -2.33. The summed E-state index contributed by atoms with van der Waals surface area (Å²) in [6, 6.07) is 102. The molecule has 6 heterocycles. The molecule has 8 nitrogen and oxygen atoms in total. The number of furan rings is 1. The highest BCUT2D eigenvalue weighted by Crippen LogP contribution is 2.63. The first kappa shape index (κ1) is 48.5. The minimum Gasteiger partial charge on any atom is -0.452 e. The van der Waals surface area contributed by atoms with Gasteiger partial charge < -0.3 is 13.6 Å². The summed E-state index contributed by atoms with van der Waals surface area (Å²) in [5.41, 5.74) is 22.4. The van der Waals surface area contributed by atoms with Gasteiger partial charge in [-0.1, -0.05) is 218 Å². The van der Waals surface area contributed by atoms with Gasteiger partial charge in [0.15, 0.2) is 28.9 Å². The molecule has 0 fully saturated rings. The third-order valence-electron chi connectivity index (χ3n) is 18.4. The number of fused-ring (bicyclic) bond motifs is 18. The van der Waals surface area contributed by atoms with Crippen LogP contribution < -0.4 is 0 Å². The second-order valence-corrected chi connectivity index (χ2v) is 23.0. The lowest BCUT2D eigenvalue weighted by atomic mass is 9.65. The van der Waals surface area contributed by atoms with Crippen molar-refractivity contribution in [2.75, 3.05) is 0 Å². The van der Waals surface area contributed by atoms with Crippen molar-refractivity contribution in [2.45, 2.75) is 5.41 Å². The molecule has 19 rings (SSSR count). The van der Waals surface area contributed by atoms with Gasteiger partial charge >= 0.3 is 0 Å². The van der Waals surface area contributed by atoms with Gasteiger partial charge in [-0.3, -0.25) is 0 Å². The number of aromatic nitrogens is 7. The Morgan fingerprint density at radius 2 is 0.875 bits per heavy atom. The minimum absolute atomic E-state index is 0.574. The highest BCUT2D eigenvalue weighted by Gasteiger charge is 2.52. The Balaban J connectivity index is 0.884. The lowest BCUT2D eigenvalue weighted by molar-refractivity contribution is 0.667. The molecular formula is C80H47N7O. The topological polar surface area (TPSA) is 87.5 Å². The fourth-order valence-corrected chi connectivity index (χ4v) is 14.7. The summed E-state index contributed by atoms with van der Waals surface area (Å²) in [5, 5.41) is 5.63. The Bertz CT molecular complexity index is 5770. The third kappa shape index (κ3) is 6.88. The molecule has 1 unspecified atom stereocenters. The largest absolute Gasteiger partial charge is 0.452 e. The van der Waals surface area contributed by atoms with E-state index in [0.29, 0.717) is 28.9 Å². The molecule has 0 saturated heterocycles.